The van der Waals surface area contributed by atoms with Gasteiger partial charge in [-0.15, -0.1) is 0 Å². The number of amidine groups is 1. The number of nitrogens with one attached hydrogen (secondary N) is 1. The quantitative estimate of drug-likeness (QED) is 0.499. The minimum Gasteiger partial charge on any atom is -0.389 e. The average Bonchev–Trinajstić information content (AvgIpc) is 2.13. The molecular weight excluding hydrogens is 202 g/mol. The molecular formula is C12H25N3O. The maximum atomic E-state index is 9.97. The Balaban J connectivity index is 2.41. The minimum atomic E-state index is -0.543. The molecule has 4 heteroatoms. The number of rotatable bonds is 4. The topological polar surface area (TPSA) is 73.3 Å². The van der Waals surface area contributed by atoms with Crippen LogP contribution in [-0.4, -0.2) is 41.1 Å². The van der Waals surface area contributed by atoms with Gasteiger partial charge >= 0.3 is 0 Å². The molecule has 0 aromatic carbocycles. The number of likely N-dealkylation sites (tertiary alicyclic amines) is 1. The zero-order valence-corrected chi connectivity index (χ0v) is 10.7. The summed E-state index contributed by atoms with van der Waals surface area (Å²) in [4.78, 5) is 2.27. The number of hydrogen-bond donors (Lipinski definition) is 3. The molecule has 4 nitrogen and oxygen atoms in total. The van der Waals surface area contributed by atoms with E-state index in [4.69, 9.17) is 11.1 Å². The van der Waals surface area contributed by atoms with Crippen molar-refractivity contribution in [1.82, 2.24) is 4.90 Å². The van der Waals surface area contributed by atoms with Gasteiger partial charge in [0.1, 0.15) is 0 Å². The molecule has 0 amide bonds. The van der Waals surface area contributed by atoms with Crippen molar-refractivity contribution in [2.45, 2.75) is 45.6 Å². The third kappa shape index (κ3) is 3.76. The van der Waals surface area contributed by atoms with Crippen LogP contribution in [0.15, 0.2) is 0 Å². The summed E-state index contributed by atoms with van der Waals surface area (Å²) in [6, 6.07) is 0. The highest BCUT2D eigenvalue weighted by atomic mass is 16.3. The number of piperidine rings is 1. The van der Waals surface area contributed by atoms with Crippen molar-refractivity contribution in [2.24, 2.45) is 11.1 Å². The number of nitrogens with zero attached hydrogens (tertiary/aromatic N) is 1. The molecule has 1 atom stereocenters. The van der Waals surface area contributed by atoms with Gasteiger partial charge in [-0.05, 0) is 39.3 Å². The van der Waals surface area contributed by atoms with Crippen molar-refractivity contribution in [3.63, 3.8) is 0 Å². The van der Waals surface area contributed by atoms with E-state index in [1.54, 1.807) is 0 Å². The van der Waals surface area contributed by atoms with Gasteiger partial charge in [0.2, 0.25) is 0 Å². The number of nitrogens with two attached hydrogens (primary N) is 1. The van der Waals surface area contributed by atoms with E-state index in [-0.39, 0.29) is 11.3 Å². The lowest BCUT2D eigenvalue weighted by atomic mass is 9.87. The zero-order chi connectivity index (χ0) is 12.4. The zero-order valence-electron chi connectivity index (χ0n) is 10.7. The molecule has 0 aromatic heterocycles. The molecule has 0 spiro atoms. The summed E-state index contributed by atoms with van der Waals surface area (Å²) in [6.07, 6.45) is 2.81. The smallest absolute Gasteiger partial charge is 0.0963 e. The minimum absolute atomic E-state index is 0.233. The van der Waals surface area contributed by atoms with Crippen molar-refractivity contribution >= 4 is 5.84 Å². The molecule has 1 fully saturated rings. The third-order valence-corrected chi connectivity index (χ3v) is 3.54. The Morgan fingerprint density at radius 1 is 1.56 bits per heavy atom. The normalized spacial score (nSPS) is 28.0. The number of aliphatic hydroxyl groups is 1. The van der Waals surface area contributed by atoms with Crippen LogP contribution < -0.4 is 5.73 Å². The van der Waals surface area contributed by atoms with Crippen LogP contribution in [-0.2, 0) is 0 Å². The van der Waals surface area contributed by atoms with Gasteiger partial charge in [0.25, 0.3) is 0 Å². The van der Waals surface area contributed by atoms with Crippen LogP contribution in [0, 0.1) is 10.8 Å². The molecule has 0 aromatic rings. The Hall–Kier alpha value is -0.610. The second-order valence-electron chi connectivity index (χ2n) is 5.92. The van der Waals surface area contributed by atoms with E-state index in [1.165, 1.54) is 0 Å². The van der Waals surface area contributed by atoms with Crippen molar-refractivity contribution in [1.29, 1.82) is 5.41 Å². The maximum absolute atomic E-state index is 9.97. The summed E-state index contributed by atoms with van der Waals surface area (Å²) < 4.78 is 0. The van der Waals surface area contributed by atoms with Crippen LogP contribution in [0.1, 0.15) is 40.0 Å². The second kappa shape index (κ2) is 4.72. The van der Waals surface area contributed by atoms with Gasteiger partial charge in [-0.3, -0.25) is 5.41 Å². The highest BCUT2D eigenvalue weighted by molar-refractivity contribution is 5.82. The van der Waals surface area contributed by atoms with E-state index in [9.17, 15) is 5.11 Å². The van der Waals surface area contributed by atoms with Crippen molar-refractivity contribution < 1.29 is 5.11 Å². The molecule has 1 aliphatic heterocycles. The van der Waals surface area contributed by atoms with Gasteiger partial charge in [0.15, 0.2) is 0 Å². The summed E-state index contributed by atoms with van der Waals surface area (Å²) in [5, 5.41) is 17.5. The van der Waals surface area contributed by atoms with Gasteiger partial charge < -0.3 is 15.7 Å². The monoisotopic (exact) mass is 227 g/mol. The van der Waals surface area contributed by atoms with Crippen molar-refractivity contribution in [2.75, 3.05) is 19.6 Å². The first-order valence-electron chi connectivity index (χ1n) is 6.02. The molecule has 0 bridgehead atoms. The van der Waals surface area contributed by atoms with Gasteiger partial charge in [-0.1, -0.05) is 13.8 Å². The number of hydrogen-bond acceptors (Lipinski definition) is 3. The van der Waals surface area contributed by atoms with Gasteiger partial charge in [0.05, 0.1) is 11.4 Å². The van der Waals surface area contributed by atoms with E-state index in [0.29, 0.717) is 0 Å². The molecule has 0 aliphatic carbocycles. The first-order chi connectivity index (χ1) is 7.23. The van der Waals surface area contributed by atoms with Crippen LogP contribution in [0.5, 0.6) is 0 Å². The van der Waals surface area contributed by atoms with Crippen molar-refractivity contribution in [3.05, 3.63) is 0 Å². The Labute approximate surface area is 98.3 Å². The summed E-state index contributed by atoms with van der Waals surface area (Å²) in [6.45, 7) is 8.58. The van der Waals surface area contributed by atoms with Gasteiger partial charge in [-0.25, -0.2) is 0 Å². The van der Waals surface area contributed by atoms with E-state index < -0.39 is 5.60 Å². The fourth-order valence-corrected chi connectivity index (χ4v) is 2.09. The molecule has 0 saturated carbocycles. The van der Waals surface area contributed by atoms with Gasteiger partial charge in [0, 0.05) is 12.0 Å². The Morgan fingerprint density at radius 3 is 2.69 bits per heavy atom. The molecule has 1 rings (SSSR count). The summed E-state index contributed by atoms with van der Waals surface area (Å²) in [5.41, 5.74) is 4.78. The molecule has 1 heterocycles. The van der Waals surface area contributed by atoms with Crippen LogP contribution in [0.4, 0.5) is 0 Å². The third-order valence-electron chi connectivity index (χ3n) is 3.54. The number of β-amino-alcohol motifs (C(OH)–C–C–N with tert-alkyl or cyclic N) is 1. The highest BCUT2D eigenvalue weighted by Gasteiger charge is 2.30. The Morgan fingerprint density at radius 2 is 2.19 bits per heavy atom. The standard InChI is InChI=1S/C12H25N3O/c1-11(2,10(13)14)6-8-15-7-4-5-12(3,16)9-15/h16H,4-9H2,1-3H3,(H3,13,14). The van der Waals surface area contributed by atoms with E-state index in [1.807, 2.05) is 20.8 Å². The lowest BCUT2D eigenvalue weighted by Gasteiger charge is -2.38. The summed E-state index contributed by atoms with van der Waals surface area (Å²) >= 11 is 0. The van der Waals surface area contributed by atoms with E-state index in [0.717, 1.165) is 38.9 Å². The molecule has 1 aliphatic rings. The molecule has 94 valence electrons. The first-order valence-corrected chi connectivity index (χ1v) is 6.02. The van der Waals surface area contributed by atoms with E-state index in [2.05, 4.69) is 4.90 Å². The Kier molecular flexibility index (Phi) is 3.97. The molecule has 16 heavy (non-hydrogen) atoms. The van der Waals surface area contributed by atoms with E-state index >= 15 is 0 Å². The summed E-state index contributed by atoms with van der Waals surface area (Å²) in [5.74, 6) is 0.247. The predicted octanol–water partition coefficient (Wildman–Crippen LogP) is 1.19. The summed E-state index contributed by atoms with van der Waals surface area (Å²) in [7, 11) is 0. The average molecular weight is 227 g/mol. The molecule has 1 saturated heterocycles. The largest absolute Gasteiger partial charge is 0.389 e. The van der Waals surface area contributed by atoms with Gasteiger partial charge in [-0.2, -0.15) is 0 Å². The molecule has 4 N–H and O–H groups in total. The van der Waals surface area contributed by atoms with Crippen LogP contribution in [0.2, 0.25) is 0 Å². The highest BCUT2D eigenvalue weighted by Crippen LogP contribution is 2.24. The molecule has 1 unspecified atom stereocenters. The van der Waals surface area contributed by atoms with Crippen LogP contribution >= 0.6 is 0 Å². The maximum Gasteiger partial charge on any atom is 0.0963 e. The lowest BCUT2D eigenvalue weighted by Crippen LogP contribution is -2.47. The SMILES string of the molecule is CC1(O)CCCN(CCC(C)(C)C(=N)N)C1. The van der Waals surface area contributed by atoms with Crippen LogP contribution in [0.3, 0.4) is 0 Å². The van der Waals surface area contributed by atoms with Crippen LogP contribution in [0.25, 0.3) is 0 Å². The lowest BCUT2D eigenvalue weighted by molar-refractivity contribution is -0.0172. The second-order valence-corrected chi connectivity index (χ2v) is 5.92. The Bertz CT molecular complexity index is 261. The molecule has 0 radical (unpaired) electrons. The first kappa shape index (κ1) is 13.5. The predicted molar refractivity (Wildman–Crippen MR) is 66.6 cm³/mol. The fourth-order valence-electron chi connectivity index (χ4n) is 2.09. The van der Waals surface area contributed by atoms with Crippen molar-refractivity contribution in [3.8, 4) is 0 Å². The fraction of sp³-hybridized carbons (Fsp3) is 0.917.